The summed E-state index contributed by atoms with van der Waals surface area (Å²) in [6.07, 6.45) is 3.23. The van der Waals surface area contributed by atoms with Gasteiger partial charge in [-0.05, 0) is 76.7 Å². The lowest BCUT2D eigenvalue weighted by molar-refractivity contribution is -0.119. The van der Waals surface area contributed by atoms with Gasteiger partial charge in [0, 0.05) is 10.2 Å². The van der Waals surface area contributed by atoms with Gasteiger partial charge in [-0.2, -0.15) is 0 Å². The summed E-state index contributed by atoms with van der Waals surface area (Å²) in [5.74, 6) is -1.57. The van der Waals surface area contributed by atoms with Gasteiger partial charge in [-0.15, -0.1) is 0 Å². The minimum atomic E-state index is -0.689. The third kappa shape index (κ3) is 3.82. The molecule has 1 N–H and O–H groups in total. The molecule has 0 aromatic heterocycles. The van der Waals surface area contributed by atoms with Crippen LogP contribution in [0.25, 0.3) is 0 Å². The summed E-state index contributed by atoms with van der Waals surface area (Å²) >= 11 is 3.10. The number of esters is 1. The number of rotatable bonds is 4. The van der Waals surface area contributed by atoms with Crippen molar-refractivity contribution in [2.24, 2.45) is 0 Å². The van der Waals surface area contributed by atoms with E-state index in [1.807, 2.05) is 18.2 Å². The summed E-state index contributed by atoms with van der Waals surface area (Å²) in [5, 5.41) is 2.71. The van der Waals surface area contributed by atoms with Crippen molar-refractivity contribution in [3.05, 3.63) is 63.4 Å². The fourth-order valence-corrected chi connectivity index (χ4v) is 3.22. The highest BCUT2D eigenvalue weighted by molar-refractivity contribution is 9.10. The van der Waals surface area contributed by atoms with Crippen molar-refractivity contribution in [2.45, 2.75) is 19.3 Å². The molecular weight excluding hydrogens is 377 g/mol. The van der Waals surface area contributed by atoms with Gasteiger partial charge in [-0.25, -0.2) is 9.18 Å². The Morgan fingerprint density at radius 1 is 1.12 bits per heavy atom. The second-order valence-corrected chi connectivity index (χ2v) is 6.44. The van der Waals surface area contributed by atoms with E-state index in [-0.39, 0.29) is 10.0 Å². The number of hydrogen-bond acceptors (Lipinski definition) is 3. The first-order valence-corrected chi connectivity index (χ1v) is 8.36. The van der Waals surface area contributed by atoms with Gasteiger partial charge in [0.25, 0.3) is 5.91 Å². The minimum absolute atomic E-state index is 0.168. The summed E-state index contributed by atoms with van der Waals surface area (Å²) in [6, 6.07) is 9.45. The summed E-state index contributed by atoms with van der Waals surface area (Å²) in [5.41, 5.74) is 3.43. The van der Waals surface area contributed by atoms with Crippen molar-refractivity contribution in [1.82, 2.24) is 0 Å². The van der Waals surface area contributed by atoms with Crippen LogP contribution in [0.3, 0.4) is 0 Å². The van der Waals surface area contributed by atoms with Gasteiger partial charge in [0.1, 0.15) is 5.82 Å². The van der Waals surface area contributed by atoms with E-state index in [4.69, 9.17) is 4.74 Å². The van der Waals surface area contributed by atoms with Gasteiger partial charge in [-0.3, -0.25) is 4.79 Å². The highest BCUT2D eigenvalue weighted by Gasteiger charge is 2.15. The Morgan fingerprint density at radius 2 is 1.92 bits per heavy atom. The first-order valence-electron chi connectivity index (χ1n) is 7.57. The summed E-state index contributed by atoms with van der Waals surface area (Å²) < 4.78 is 18.3. The summed E-state index contributed by atoms with van der Waals surface area (Å²) in [4.78, 5) is 23.9. The van der Waals surface area contributed by atoms with E-state index in [1.54, 1.807) is 0 Å². The van der Waals surface area contributed by atoms with Crippen LogP contribution in [0.15, 0.2) is 40.9 Å². The third-order valence-corrected chi connectivity index (χ3v) is 4.52. The number of aryl methyl sites for hydroxylation is 2. The molecule has 3 rings (SSSR count). The van der Waals surface area contributed by atoms with E-state index in [0.29, 0.717) is 5.69 Å². The molecule has 0 saturated carbocycles. The third-order valence-electron chi connectivity index (χ3n) is 3.87. The molecule has 2 aromatic rings. The average molecular weight is 392 g/mol. The van der Waals surface area contributed by atoms with Gasteiger partial charge in [-0.1, -0.05) is 6.07 Å². The van der Waals surface area contributed by atoms with Crippen LogP contribution >= 0.6 is 15.9 Å². The Kier molecular flexibility index (Phi) is 4.94. The maximum absolute atomic E-state index is 13.0. The standard InChI is InChI=1S/C18H15BrFNO3/c19-16-9-13(20)5-7-15(16)18(23)24-10-17(22)21-14-6-4-11-2-1-3-12(11)8-14/h4-9H,1-3,10H2,(H,21,22). The minimum Gasteiger partial charge on any atom is -0.452 e. The molecule has 0 unspecified atom stereocenters. The van der Waals surface area contributed by atoms with Gasteiger partial charge in [0.05, 0.1) is 5.56 Å². The number of amides is 1. The second-order valence-electron chi connectivity index (χ2n) is 5.59. The van der Waals surface area contributed by atoms with Gasteiger partial charge in [0.2, 0.25) is 0 Å². The van der Waals surface area contributed by atoms with Crippen LogP contribution < -0.4 is 5.32 Å². The number of fused-ring (bicyclic) bond motifs is 1. The molecule has 0 bridgehead atoms. The van der Waals surface area contributed by atoms with Crippen LogP contribution in [0.5, 0.6) is 0 Å². The molecule has 1 aliphatic rings. The Morgan fingerprint density at radius 3 is 2.71 bits per heavy atom. The van der Waals surface area contributed by atoms with Crippen molar-refractivity contribution in [1.29, 1.82) is 0 Å². The van der Waals surface area contributed by atoms with E-state index in [2.05, 4.69) is 21.2 Å². The molecule has 1 aliphatic carbocycles. The highest BCUT2D eigenvalue weighted by Crippen LogP contribution is 2.25. The van der Waals surface area contributed by atoms with Crippen LogP contribution in [0.2, 0.25) is 0 Å². The van der Waals surface area contributed by atoms with Crippen LogP contribution in [0.4, 0.5) is 10.1 Å². The molecule has 0 radical (unpaired) electrons. The number of ether oxygens (including phenoxy) is 1. The van der Waals surface area contributed by atoms with Gasteiger partial charge >= 0.3 is 5.97 Å². The molecule has 6 heteroatoms. The zero-order valence-corrected chi connectivity index (χ0v) is 14.4. The quantitative estimate of drug-likeness (QED) is 0.804. The van der Waals surface area contributed by atoms with Crippen molar-refractivity contribution in [2.75, 3.05) is 11.9 Å². The Labute approximate surface area is 147 Å². The number of halogens is 2. The van der Waals surface area contributed by atoms with Gasteiger partial charge in [0.15, 0.2) is 6.61 Å². The Hall–Kier alpha value is -2.21. The smallest absolute Gasteiger partial charge is 0.339 e. The largest absolute Gasteiger partial charge is 0.452 e. The first-order chi connectivity index (χ1) is 11.5. The number of anilines is 1. The van der Waals surface area contributed by atoms with E-state index in [0.717, 1.165) is 25.3 Å². The van der Waals surface area contributed by atoms with Crippen LogP contribution in [-0.4, -0.2) is 18.5 Å². The summed E-state index contributed by atoms with van der Waals surface area (Å²) in [7, 11) is 0. The van der Waals surface area contributed by atoms with Crippen LogP contribution in [0, 0.1) is 5.82 Å². The maximum atomic E-state index is 13.0. The number of carbonyl (C=O) groups excluding carboxylic acids is 2. The number of nitrogens with one attached hydrogen (secondary N) is 1. The molecular formula is C18H15BrFNO3. The van der Waals surface area contributed by atoms with Crippen molar-refractivity contribution >= 4 is 33.5 Å². The maximum Gasteiger partial charge on any atom is 0.339 e. The molecule has 1 amide bonds. The molecule has 24 heavy (non-hydrogen) atoms. The molecule has 2 aromatic carbocycles. The lowest BCUT2D eigenvalue weighted by Gasteiger charge is -2.09. The SMILES string of the molecule is O=C(COC(=O)c1ccc(F)cc1Br)Nc1ccc2c(c1)CCC2. The topological polar surface area (TPSA) is 55.4 Å². The second kappa shape index (κ2) is 7.13. The van der Waals surface area contributed by atoms with Crippen LogP contribution in [-0.2, 0) is 22.4 Å². The van der Waals surface area contributed by atoms with E-state index in [1.165, 1.54) is 23.3 Å². The van der Waals surface area contributed by atoms with E-state index in [9.17, 15) is 14.0 Å². The molecule has 0 heterocycles. The molecule has 0 saturated heterocycles. The monoisotopic (exact) mass is 391 g/mol. The molecule has 0 spiro atoms. The Bertz CT molecular complexity index is 807. The zero-order chi connectivity index (χ0) is 17.1. The predicted molar refractivity (Wildman–Crippen MR) is 91.5 cm³/mol. The van der Waals surface area contributed by atoms with E-state index >= 15 is 0 Å². The fourth-order valence-electron chi connectivity index (χ4n) is 2.71. The molecule has 124 valence electrons. The molecule has 0 aliphatic heterocycles. The fraction of sp³-hybridized carbons (Fsp3) is 0.222. The predicted octanol–water partition coefficient (Wildman–Crippen LogP) is 3.87. The summed E-state index contributed by atoms with van der Waals surface area (Å²) in [6.45, 7) is -0.403. The zero-order valence-electron chi connectivity index (χ0n) is 12.8. The number of benzene rings is 2. The molecule has 0 fully saturated rings. The Balaban J connectivity index is 1.56. The van der Waals surface area contributed by atoms with E-state index < -0.39 is 24.3 Å². The lowest BCUT2D eigenvalue weighted by Crippen LogP contribution is -2.21. The van der Waals surface area contributed by atoms with Crippen LogP contribution in [0.1, 0.15) is 27.9 Å². The molecule has 4 nitrogen and oxygen atoms in total. The number of hydrogen-bond donors (Lipinski definition) is 1. The highest BCUT2D eigenvalue weighted by atomic mass is 79.9. The normalized spacial score (nSPS) is 12.6. The van der Waals surface area contributed by atoms with Crippen molar-refractivity contribution in [3.63, 3.8) is 0 Å². The first kappa shape index (κ1) is 16.6. The number of carbonyl (C=O) groups is 2. The average Bonchev–Trinajstić information content (AvgIpc) is 3.00. The lowest BCUT2D eigenvalue weighted by atomic mass is 10.1. The van der Waals surface area contributed by atoms with Gasteiger partial charge < -0.3 is 10.1 Å². The molecule has 0 atom stereocenters. The van der Waals surface area contributed by atoms with Crippen molar-refractivity contribution < 1.29 is 18.7 Å². The van der Waals surface area contributed by atoms with Crippen molar-refractivity contribution in [3.8, 4) is 0 Å².